The van der Waals surface area contributed by atoms with E-state index < -0.39 is 5.60 Å². The normalized spacial score (nSPS) is 13.5. The second-order valence-corrected chi connectivity index (χ2v) is 4.85. The highest BCUT2D eigenvalue weighted by atomic mass is 16.6. The molecule has 0 aliphatic heterocycles. The molecule has 0 heterocycles. The minimum atomic E-state index is -0.414. The Labute approximate surface area is 104 Å². The number of ether oxygens (including phenoxy) is 3. The molecule has 0 aliphatic rings. The van der Waals surface area contributed by atoms with Crippen LogP contribution in [0.2, 0.25) is 0 Å². The molecule has 0 fully saturated rings. The zero-order chi connectivity index (χ0) is 13.3. The molecule has 0 amide bonds. The largest absolute Gasteiger partial charge is 0.460 e. The van der Waals surface area contributed by atoms with Gasteiger partial charge in [0.05, 0.1) is 19.1 Å². The summed E-state index contributed by atoms with van der Waals surface area (Å²) in [6.45, 7) is 7.36. The van der Waals surface area contributed by atoms with Crippen molar-refractivity contribution in [3.8, 4) is 0 Å². The second-order valence-electron chi connectivity index (χ2n) is 4.85. The van der Waals surface area contributed by atoms with Crippen LogP contribution >= 0.6 is 0 Å². The van der Waals surface area contributed by atoms with Crippen molar-refractivity contribution in [1.29, 1.82) is 0 Å². The van der Waals surface area contributed by atoms with E-state index in [1.807, 2.05) is 20.8 Å². The molecule has 0 saturated heterocycles. The Kier molecular flexibility index (Phi) is 8.12. The SMILES string of the molecule is COCC(CNCCC(=O)OC(C)(C)C)OC. The molecule has 0 bridgehead atoms. The molecule has 0 aromatic carbocycles. The molecule has 1 unspecified atom stereocenters. The van der Waals surface area contributed by atoms with Gasteiger partial charge in [-0.05, 0) is 20.8 Å². The smallest absolute Gasteiger partial charge is 0.307 e. The number of rotatable bonds is 8. The van der Waals surface area contributed by atoms with Crippen LogP contribution in [0.5, 0.6) is 0 Å². The average molecular weight is 247 g/mol. The van der Waals surface area contributed by atoms with Crippen molar-refractivity contribution in [2.24, 2.45) is 0 Å². The first-order valence-corrected chi connectivity index (χ1v) is 5.83. The van der Waals surface area contributed by atoms with E-state index >= 15 is 0 Å². The molecule has 0 radical (unpaired) electrons. The molecule has 0 aliphatic carbocycles. The molecule has 0 rings (SSSR count). The van der Waals surface area contributed by atoms with Gasteiger partial charge in [0.25, 0.3) is 0 Å². The fourth-order valence-electron chi connectivity index (χ4n) is 1.24. The van der Waals surface area contributed by atoms with Crippen LogP contribution in [-0.2, 0) is 19.0 Å². The minimum absolute atomic E-state index is 0.0126. The Balaban J connectivity index is 3.60. The van der Waals surface area contributed by atoms with Crippen LogP contribution in [0.1, 0.15) is 27.2 Å². The van der Waals surface area contributed by atoms with Crippen LogP contribution in [0.25, 0.3) is 0 Å². The van der Waals surface area contributed by atoms with Gasteiger partial charge in [0.15, 0.2) is 0 Å². The summed E-state index contributed by atoms with van der Waals surface area (Å²) in [6.07, 6.45) is 0.374. The molecule has 5 heteroatoms. The third-order valence-electron chi connectivity index (χ3n) is 1.98. The van der Waals surface area contributed by atoms with Gasteiger partial charge in [-0.15, -0.1) is 0 Å². The first kappa shape index (κ1) is 16.4. The number of hydrogen-bond acceptors (Lipinski definition) is 5. The lowest BCUT2D eigenvalue weighted by atomic mass is 10.2. The Bertz CT molecular complexity index is 213. The number of carbonyl (C=O) groups is 1. The lowest BCUT2D eigenvalue weighted by Gasteiger charge is -2.20. The van der Waals surface area contributed by atoms with E-state index in [4.69, 9.17) is 14.2 Å². The summed E-state index contributed by atoms with van der Waals surface area (Å²) in [7, 11) is 3.27. The molecule has 0 saturated carbocycles. The maximum absolute atomic E-state index is 11.4. The van der Waals surface area contributed by atoms with Crippen LogP contribution in [-0.4, -0.2) is 51.6 Å². The van der Waals surface area contributed by atoms with E-state index in [1.165, 1.54) is 0 Å². The van der Waals surface area contributed by atoms with Gasteiger partial charge in [0.1, 0.15) is 5.60 Å². The van der Waals surface area contributed by atoms with E-state index in [2.05, 4.69) is 5.32 Å². The van der Waals surface area contributed by atoms with Crippen LogP contribution in [0.4, 0.5) is 0 Å². The van der Waals surface area contributed by atoms with Gasteiger partial charge in [-0.1, -0.05) is 0 Å². The highest BCUT2D eigenvalue weighted by Gasteiger charge is 2.15. The summed E-state index contributed by atoms with van der Waals surface area (Å²) in [4.78, 5) is 11.4. The van der Waals surface area contributed by atoms with Gasteiger partial charge in [-0.25, -0.2) is 0 Å². The summed E-state index contributed by atoms with van der Waals surface area (Å²) in [5, 5.41) is 3.13. The molecule has 0 aromatic rings. The number of carbonyl (C=O) groups excluding carboxylic acids is 1. The van der Waals surface area contributed by atoms with E-state index in [0.29, 0.717) is 26.1 Å². The highest BCUT2D eigenvalue weighted by Crippen LogP contribution is 2.07. The second kappa shape index (κ2) is 8.44. The maximum atomic E-state index is 11.4. The molecule has 1 atom stereocenters. The minimum Gasteiger partial charge on any atom is -0.460 e. The molecular formula is C12H25NO4. The van der Waals surface area contributed by atoms with Crippen LogP contribution < -0.4 is 5.32 Å². The first-order valence-electron chi connectivity index (χ1n) is 5.83. The van der Waals surface area contributed by atoms with Gasteiger partial charge in [0, 0.05) is 27.3 Å². The predicted octanol–water partition coefficient (Wildman–Crippen LogP) is 0.969. The van der Waals surface area contributed by atoms with E-state index in [0.717, 1.165) is 0 Å². The van der Waals surface area contributed by atoms with E-state index in [9.17, 15) is 4.79 Å². The molecule has 102 valence electrons. The Hall–Kier alpha value is -0.650. The van der Waals surface area contributed by atoms with E-state index in [-0.39, 0.29) is 12.1 Å². The topological polar surface area (TPSA) is 56.8 Å². The van der Waals surface area contributed by atoms with Crippen LogP contribution in [0, 0.1) is 0 Å². The number of hydrogen-bond donors (Lipinski definition) is 1. The summed E-state index contributed by atoms with van der Waals surface area (Å²) < 4.78 is 15.3. The molecule has 0 aromatic heterocycles. The standard InChI is InChI=1S/C12H25NO4/c1-12(2,3)17-11(14)6-7-13-8-10(16-5)9-15-4/h10,13H,6-9H2,1-5H3. The van der Waals surface area contributed by atoms with Gasteiger partial charge < -0.3 is 19.5 Å². The summed E-state index contributed by atoms with van der Waals surface area (Å²) in [5.41, 5.74) is -0.414. The summed E-state index contributed by atoms with van der Waals surface area (Å²) in [6, 6.07) is 0. The van der Waals surface area contributed by atoms with Crippen molar-refractivity contribution in [3.63, 3.8) is 0 Å². The van der Waals surface area contributed by atoms with Gasteiger partial charge in [-0.2, -0.15) is 0 Å². The Morgan fingerprint density at radius 1 is 1.29 bits per heavy atom. The first-order chi connectivity index (χ1) is 7.89. The third-order valence-corrected chi connectivity index (χ3v) is 1.98. The third kappa shape index (κ3) is 10.2. The highest BCUT2D eigenvalue weighted by molar-refractivity contribution is 5.70. The zero-order valence-corrected chi connectivity index (χ0v) is 11.5. The van der Waals surface area contributed by atoms with Gasteiger partial charge >= 0.3 is 5.97 Å². The summed E-state index contributed by atoms with van der Waals surface area (Å²) >= 11 is 0. The quantitative estimate of drug-likeness (QED) is 0.511. The van der Waals surface area contributed by atoms with Crippen molar-refractivity contribution in [2.75, 3.05) is 33.9 Å². The molecule has 1 N–H and O–H groups in total. The number of nitrogens with one attached hydrogen (secondary N) is 1. The van der Waals surface area contributed by atoms with Crippen molar-refractivity contribution in [2.45, 2.75) is 38.9 Å². The molecular weight excluding hydrogens is 222 g/mol. The van der Waals surface area contributed by atoms with Crippen molar-refractivity contribution in [3.05, 3.63) is 0 Å². The maximum Gasteiger partial charge on any atom is 0.307 e. The molecule has 0 spiro atoms. The Morgan fingerprint density at radius 3 is 2.41 bits per heavy atom. The lowest BCUT2D eigenvalue weighted by Crippen LogP contribution is -2.33. The molecule has 17 heavy (non-hydrogen) atoms. The fraction of sp³-hybridized carbons (Fsp3) is 0.917. The lowest BCUT2D eigenvalue weighted by molar-refractivity contribution is -0.154. The predicted molar refractivity (Wildman–Crippen MR) is 66.0 cm³/mol. The fourth-order valence-corrected chi connectivity index (χ4v) is 1.24. The van der Waals surface area contributed by atoms with Gasteiger partial charge in [0.2, 0.25) is 0 Å². The van der Waals surface area contributed by atoms with Gasteiger partial charge in [-0.3, -0.25) is 4.79 Å². The monoisotopic (exact) mass is 247 g/mol. The zero-order valence-electron chi connectivity index (χ0n) is 11.5. The Morgan fingerprint density at radius 2 is 1.94 bits per heavy atom. The van der Waals surface area contributed by atoms with Crippen molar-refractivity contribution >= 4 is 5.97 Å². The molecule has 5 nitrogen and oxygen atoms in total. The van der Waals surface area contributed by atoms with E-state index in [1.54, 1.807) is 14.2 Å². The number of esters is 1. The average Bonchev–Trinajstić information content (AvgIpc) is 2.20. The summed E-state index contributed by atoms with van der Waals surface area (Å²) in [5.74, 6) is -0.189. The van der Waals surface area contributed by atoms with Crippen LogP contribution in [0.15, 0.2) is 0 Å². The van der Waals surface area contributed by atoms with Crippen molar-refractivity contribution in [1.82, 2.24) is 5.32 Å². The van der Waals surface area contributed by atoms with Crippen LogP contribution in [0.3, 0.4) is 0 Å². The number of methoxy groups -OCH3 is 2. The van der Waals surface area contributed by atoms with Crippen molar-refractivity contribution < 1.29 is 19.0 Å².